The van der Waals surface area contributed by atoms with Gasteiger partial charge in [-0.2, -0.15) is 5.10 Å². The van der Waals surface area contributed by atoms with Crippen LogP contribution in [0.4, 0.5) is 5.69 Å². The normalized spacial score (nSPS) is 10.4. The Kier molecular flexibility index (Phi) is 3.97. The summed E-state index contributed by atoms with van der Waals surface area (Å²) in [5, 5.41) is 17.7. The predicted octanol–water partition coefficient (Wildman–Crippen LogP) is 1.21. The minimum atomic E-state index is -0.434. The van der Waals surface area contributed by atoms with Crippen LogP contribution in [0, 0.1) is 24.0 Å². The number of carbonyl (C=O) groups excluding carboxylic acids is 1. The van der Waals surface area contributed by atoms with Gasteiger partial charge >= 0.3 is 5.69 Å². The molecule has 8 nitrogen and oxygen atoms in total. The van der Waals surface area contributed by atoms with Crippen LogP contribution < -0.4 is 5.32 Å². The van der Waals surface area contributed by atoms with Gasteiger partial charge in [0.1, 0.15) is 17.1 Å². The second-order valence-corrected chi connectivity index (χ2v) is 4.56. The minimum Gasteiger partial charge on any atom is -0.354 e. The molecule has 0 saturated heterocycles. The number of carbonyl (C=O) groups is 1. The molecule has 2 aromatic rings. The zero-order valence-electron chi connectivity index (χ0n) is 12.0. The van der Waals surface area contributed by atoms with Crippen molar-refractivity contribution in [2.75, 3.05) is 7.05 Å². The Balaban J connectivity index is 2.33. The van der Waals surface area contributed by atoms with Crippen molar-refractivity contribution in [1.29, 1.82) is 0 Å². The fraction of sp³-hybridized carbons (Fsp3) is 0.308. The highest BCUT2D eigenvalue weighted by molar-refractivity contribution is 5.92. The highest BCUT2D eigenvalue weighted by atomic mass is 16.6. The molecule has 0 fully saturated rings. The van der Waals surface area contributed by atoms with Gasteiger partial charge in [-0.3, -0.25) is 24.6 Å². The fourth-order valence-electron chi connectivity index (χ4n) is 2.10. The van der Waals surface area contributed by atoms with Crippen LogP contribution in [0.2, 0.25) is 0 Å². The number of pyridine rings is 1. The Morgan fingerprint density at radius 2 is 2.19 bits per heavy atom. The molecule has 2 rings (SSSR count). The first-order valence-corrected chi connectivity index (χ1v) is 6.29. The van der Waals surface area contributed by atoms with E-state index in [1.807, 2.05) is 0 Å². The highest BCUT2D eigenvalue weighted by Crippen LogP contribution is 2.22. The molecule has 1 N–H and O–H groups in total. The maximum atomic E-state index is 11.5. The van der Waals surface area contributed by atoms with Gasteiger partial charge in [0.15, 0.2) is 0 Å². The van der Waals surface area contributed by atoms with Gasteiger partial charge in [0, 0.05) is 13.2 Å². The van der Waals surface area contributed by atoms with E-state index in [-0.39, 0.29) is 11.6 Å². The Hall–Kier alpha value is -2.77. The lowest BCUT2D eigenvalue weighted by atomic mass is 10.2. The molecular weight excluding hydrogens is 274 g/mol. The lowest BCUT2D eigenvalue weighted by molar-refractivity contribution is -0.386. The maximum absolute atomic E-state index is 11.5. The van der Waals surface area contributed by atoms with E-state index < -0.39 is 4.92 Å². The standard InChI is InChI=1S/C13H15N5O3/c1-8-12(18(20)21)9(2)17(16-8)7-10-4-5-15-11(6-10)13(19)14-3/h4-6H,7H2,1-3H3,(H,14,19). The van der Waals surface area contributed by atoms with Crippen molar-refractivity contribution in [3.05, 3.63) is 51.1 Å². The lowest BCUT2D eigenvalue weighted by Gasteiger charge is -2.05. The van der Waals surface area contributed by atoms with E-state index in [2.05, 4.69) is 15.4 Å². The number of nitrogens with one attached hydrogen (secondary N) is 1. The molecule has 2 heterocycles. The molecule has 0 saturated carbocycles. The molecule has 0 aliphatic rings. The van der Waals surface area contributed by atoms with Crippen LogP contribution in [0.1, 0.15) is 27.4 Å². The van der Waals surface area contributed by atoms with Gasteiger partial charge in [-0.1, -0.05) is 0 Å². The topological polar surface area (TPSA) is 103 Å². The number of aromatic nitrogens is 3. The van der Waals surface area contributed by atoms with E-state index in [0.29, 0.717) is 23.6 Å². The molecule has 21 heavy (non-hydrogen) atoms. The number of aryl methyl sites for hydroxylation is 1. The molecular formula is C13H15N5O3. The van der Waals surface area contributed by atoms with Gasteiger partial charge in [-0.05, 0) is 31.5 Å². The van der Waals surface area contributed by atoms with Crippen molar-refractivity contribution >= 4 is 11.6 Å². The summed E-state index contributed by atoms with van der Waals surface area (Å²) in [5.74, 6) is -0.281. The summed E-state index contributed by atoms with van der Waals surface area (Å²) in [5.41, 5.74) is 1.97. The van der Waals surface area contributed by atoms with Gasteiger partial charge < -0.3 is 5.32 Å². The van der Waals surface area contributed by atoms with Gasteiger partial charge in [0.25, 0.3) is 5.91 Å². The number of amides is 1. The van der Waals surface area contributed by atoms with Crippen LogP contribution in [-0.2, 0) is 6.54 Å². The van der Waals surface area contributed by atoms with E-state index >= 15 is 0 Å². The zero-order valence-corrected chi connectivity index (χ0v) is 12.0. The third-order valence-electron chi connectivity index (χ3n) is 3.14. The summed E-state index contributed by atoms with van der Waals surface area (Å²) >= 11 is 0. The monoisotopic (exact) mass is 289 g/mol. The molecule has 0 aliphatic carbocycles. The summed E-state index contributed by atoms with van der Waals surface area (Å²) in [6, 6.07) is 3.38. The Morgan fingerprint density at radius 3 is 2.76 bits per heavy atom. The van der Waals surface area contributed by atoms with Crippen molar-refractivity contribution in [2.24, 2.45) is 0 Å². The predicted molar refractivity (Wildman–Crippen MR) is 75.1 cm³/mol. The first kappa shape index (κ1) is 14.6. The molecule has 0 aromatic carbocycles. The Morgan fingerprint density at radius 1 is 1.48 bits per heavy atom. The maximum Gasteiger partial charge on any atom is 0.312 e. The average Bonchev–Trinajstić information content (AvgIpc) is 2.72. The smallest absolute Gasteiger partial charge is 0.312 e. The average molecular weight is 289 g/mol. The van der Waals surface area contributed by atoms with Crippen LogP contribution >= 0.6 is 0 Å². The van der Waals surface area contributed by atoms with Crippen LogP contribution in [0.3, 0.4) is 0 Å². The van der Waals surface area contributed by atoms with Crippen LogP contribution in [-0.4, -0.2) is 32.6 Å². The van der Waals surface area contributed by atoms with Crippen LogP contribution in [0.15, 0.2) is 18.3 Å². The summed E-state index contributed by atoms with van der Waals surface area (Å²) in [4.78, 5) is 26.1. The molecule has 0 bridgehead atoms. The number of rotatable bonds is 4. The van der Waals surface area contributed by atoms with Crippen molar-refractivity contribution in [3.8, 4) is 0 Å². The van der Waals surface area contributed by atoms with Crippen molar-refractivity contribution in [3.63, 3.8) is 0 Å². The highest BCUT2D eigenvalue weighted by Gasteiger charge is 2.21. The molecule has 1 amide bonds. The molecule has 0 aliphatic heterocycles. The van der Waals surface area contributed by atoms with Crippen molar-refractivity contribution < 1.29 is 9.72 Å². The number of hydrogen-bond donors (Lipinski definition) is 1. The Labute approximate surface area is 121 Å². The molecule has 0 radical (unpaired) electrons. The third kappa shape index (κ3) is 2.88. The van der Waals surface area contributed by atoms with E-state index in [9.17, 15) is 14.9 Å². The molecule has 0 unspecified atom stereocenters. The zero-order chi connectivity index (χ0) is 15.6. The van der Waals surface area contributed by atoms with E-state index in [1.165, 1.54) is 13.2 Å². The molecule has 8 heteroatoms. The SMILES string of the molecule is CNC(=O)c1cc(Cn2nc(C)c([N+](=O)[O-])c2C)ccn1. The van der Waals surface area contributed by atoms with E-state index in [4.69, 9.17) is 0 Å². The lowest BCUT2D eigenvalue weighted by Crippen LogP contribution is -2.19. The van der Waals surface area contributed by atoms with Gasteiger partial charge in [-0.15, -0.1) is 0 Å². The first-order chi connectivity index (χ1) is 9.93. The number of hydrogen-bond acceptors (Lipinski definition) is 5. The summed E-state index contributed by atoms with van der Waals surface area (Å²) in [6.07, 6.45) is 1.53. The summed E-state index contributed by atoms with van der Waals surface area (Å²) in [6.45, 7) is 3.59. The minimum absolute atomic E-state index is 0.0237. The summed E-state index contributed by atoms with van der Waals surface area (Å²) in [7, 11) is 1.53. The largest absolute Gasteiger partial charge is 0.354 e. The molecule has 0 spiro atoms. The van der Waals surface area contributed by atoms with Crippen molar-refractivity contribution in [1.82, 2.24) is 20.1 Å². The third-order valence-corrected chi connectivity index (χ3v) is 3.14. The van der Waals surface area contributed by atoms with E-state index in [1.54, 1.807) is 30.7 Å². The van der Waals surface area contributed by atoms with E-state index in [0.717, 1.165) is 5.56 Å². The van der Waals surface area contributed by atoms with Gasteiger partial charge in [-0.25, -0.2) is 0 Å². The van der Waals surface area contributed by atoms with Crippen molar-refractivity contribution in [2.45, 2.75) is 20.4 Å². The second kappa shape index (κ2) is 5.70. The summed E-state index contributed by atoms with van der Waals surface area (Å²) < 4.78 is 1.55. The number of nitrogens with zero attached hydrogens (tertiary/aromatic N) is 4. The quantitative estimate of drug-likeness (QED) is 0.673. The van der Waals surface area contributed by atoms with Crippen LogP contribution in [0.5, 0.6) is 0 Å². The molecule has 0 atom stereocenters. The number of nitro groups is 1. The molecule has 110 valence electrons. The van der Waals surface area contributed by atoms with Gasteiger partial charge in [0.05, 0.1) is 11.5 Å². The van der Waals surface area contributed by atoms with Crippen LogP contribution in [0.25, 0.3) is 0 Å². The van der Waals surface area contributed by atoms with Gasteiger partial charge in [0.2, 0.25) is 0 Å². The second-order valence-electron chi connectivity index (χ2n) is 4.56. The molecule has 2 aromatic heterocycles. The first-order valence-electron chi connectivity index (χ1n) is 6.29. The Bertz CT molecular complexity index is 708. The fourth-order valence-corrected chi connectivity index (χ4v) is 2.10.